The predicted octanol–water partition coefficient (Wildman–Crippen LogP) is 3.07. The molecule has 2 rings (SSSR count). The van der Waals surface area contributed by atoms with Crippen molar-refractivity contribution >= 4 is 0 Å². The molecular formula is C20H41N3O. The van der Waals surface area contributed by atoms with E-state index in [0.717, 1.165) is 12.6 Å². The van der Waals surface area contributed by atoms with E-state index in [1.807, 2.05) is 0 Å². The van der Waals surface area contributed by atoms with Crippen molar-refractivity contribution in [1.29, 1.82) is 0 Å². The van der Waals surface area contributed by atoms with E-state index >= 15 is 0 Å². The molecule has 4 nitrogen and oxygen atoms in total. The van der Waals surface area contributed by atoms with Gasteiger partial charge in [0.2, 0.25) is 0 Å². The van der Waals surface area contributed by atoms with Crippen LogP contribution in [0.15, 0.2) is 0 Å². The first-order valence-electron chi connectivity index (χ1n) is 10.4. The van der Waals surface area contributed by atoms with Gasteiger partial charge in [0.05, 0.1) is 6.10 Å². The van der Waals surface area contributed by atoms with Crippen LogP contribution in [-0.2, 0) is 4.74 Å². The molecule has 0 spiro atoms. The maximum absolute atomic E-state index is 5.61. The fourth-order valence-corrected chi connectivity index (χ4v) is 4.05. The molecule has 0 aromatic carbocycles. The molecule has 0 bridgehead atoms. The number of hydrogen-bond donors (Lipinski definition) is 0. The Morgan fingerprint density at radius 2 is 1.50 bits per heavy atom. The zero-order chi connectivity index (χ0) is 17.4. The van der Waals surface area contributed by atoms with Crippen LogP contribution in [-0.4, -0.2) is 85.3 Å². The van der Waals surface area contributed by atoms with Crippen molar-refractivity contribution in [3.05, 3.63) is 0 Å². The summed E-state index contributed by atoms with van der Waals surface area (Å²) < 4.78 is 5.61. The van der Waals surface area contributed by atoms with Gasteiger partial charge >= 0.3 is 0 Å². The highest BCUT2D eigenvalue weighted by atomic mass is 16.5. The second kappa shape index (κ2) is 10.7. The molecule has 24 heavy (non-hydrogen) atoms. The fourth-order valence-electron chi connectivity index (χ4n) is 4.05. The first kappa shape index (κ1) is 20.2. The van der Waals surface area contributed by atoms with Crippen molar-refractivity contribution in [3.8, 4) is 0 Å². The molecule has 2 fully saturated rings. The van der Waals surface area contributed by atoms with Gasteiger partial charge in [0.15, 0.2) is 0 Å². The van der Waals surface area contributed by atoms with Crippen LogP contribution in [0, 0.1) is 0 Å². The molecule has 2 aliphatic heterocycles. The molecular weight excluding hydrogens is 298 g/mol. The summed E-state index contributed by atoms with van der Waals surface area (Å²) in [6.07, 6.45) is 6.97. The summed E-state index contributed by atoms with van der Waals surface area (Å²) in [5.41, 5.74) is 0. The number of piperazine rings is 1. The van der Waals surface area contributed by atoms with Gasteiger partial charge in [-0.1, -0.05) is 0 Å². The third kappa shape index (κ3) is 6.99. The second-order valence-electron chi connectivity index (χ2n) is 8.22. The van der Waals surface area contributed by atoms with Crippen molar-refractivity contribution in [2.75, 3.05) is 52.4 Å². The van der Waals surface area contributed by atoms with E-state index in [1.54, 1.807) is 0 Å². The maximum atomic E-state index is 5.61. The standard InChI is InChI=1S/C20H41N3O/c1-18(2)22-11-8-20(9-12-22)23-15-13-21(14-16-23)10-6-5-7-17-24-19(3)4/h18-20H,5-17H2,1-4H3. The van der Waals surface area contributed by atoms with Crippen LogP contribution in [0.1, 0.15) is 59.8 Å². The number of nitrogens with zero attached hydrogens (tertiary/aromatic N) is 3. The number of piperidine rings is 1. The van der Waals surface area contributed by atoms with Crippen molar-refractivity contribution in [3.63, 3.8) is 0 Å². The lowest BCUT2D eigenvalue weighted by molar-refractivity contribution is 0.0504. The van der Waals surface area contributed by atoms with E-state index in [2.05, 4.69) is 42.4 Å². The number of rotatable bonds is 9. The van der Waals surface area contributed by atoms with E-state index in [4.69, 9.17) is 4.74 Å². The Labute approximate surface area is 150 Å². The molecule has 2 saturated heterocycles. The number of hydrogen-bond acceptors (Lipinski definition) is 4. The summed E-state index contributed by atoms with van der Waals surface area (Å²) in [5.74, 6) is 0. The minimum absolute atomic E-state index is 0.380. The molecule has 0 aromatic rings. The van der Waals surface area contributed by atoms with Crippen LogP contribution >= 0.6 is 0 Å². The smallest absolute Gasteiger partial charge is 0.0518 e. The van der Waals surface area contributed by atoms with E-state index in [0.29, 0.717) is 12.1 Å². The summed E-state index contributed by atoms with van der Waals surface area (Å²) in [4.78, 5) is 8.07. The minimum Gasteiger partial charge on any atom is -0.379 e. The van der Waals surface area contributed by atoms with Gasteiger partial charge in [0.1, 0.15) is 0 Å². The summed E-state index contributed by atoms with van der Waals surface area (Å²) in [7, 11) is 0. The van der Waals surface area contributed by atoms with E-state index in [1.165, 1.54) is 77.9 Å². The van der Waals surface area contributed by atoms with Crippen molar-refractivity contribution in [1.82, 2.24) is 14.7 Å². The lowest BCUT2D eigenvalue weighted by atomic mass is 10.0. The summed E-state index contributed by atoms with van der Waals surface area (Å²) in [6, 6.07) is 1.56. The molecule has 0 amide bonds. The average molecular weight is 340 g/mol. The Morgan fingerprint density at radius 1 is 0.833 bits per heavy atom. The van der Waals surface area contributed by atoms with Gasteiger partial charge in [0, 0.05) is 44.9 Å². The Bertz CT molecular complexity index is 319. The van der Waals surface area contributed by atoms with Crippen LogP contribution in [0.5, 0.6) is 0 Å². The van der Waals surface area contributed by atoms with E-state index < -0.39 is 0 Å². The van der Waals surface area contributed by atoms with Gasteiger partial charge < -0.3 is 14.5 Å². The zero-order valence-electron chi connectivity index (χ0n) is 16.7. The highest BCUT2D eigenvalue weighted by Gasteiger charge is 2.27. The van der Waals surface area contributed by atoms with Crippen LogP contribution in [0.4, 0.5) is 0 Å². The van der Waals surface area contributed by atoms with E-state index in [9.17, 15) is 0 Å². The summed E-state index contributed by atoms with van der Waals surface area (Å²) in [5, 5.41) is 0. The second-order valence-corrected chi connectivity index (χ2v) is 8.22. The predicted molar refractivity (Wildman–Crippen MR) is 103 cm³/mol. The Kier molecular flexibility index (Phi) is 9.02. The third-order valence-corrected chi connectivity index (χ3v) is 5.72. The van der Waals surface area contributed by atoms with Crippen LogP contribution in [0.2, 0.25) is 0 Å². The van der Waals surface area contributed by atoms with Gasteiger partial charge in [-0.2, -0.15) is 0 Å². The first-order chi connectivity index (χ1) is 11.6. The number of likely N-dealkylation sites (tertiary alicyclic amines) is 1. The molecule has 2 heterocycles. The number of unbranched alkanes of at least 4 members (excludes halogenated alkanes) is 2. The molecule has 0 aromatic heterocycles. The van der Waals surface area contributed by atoms with E-state index in [-0.39, 0.29) is 0 Å². The number of ether oxygens (including phenoxy) is 1. The average Bonchev–Trinajstić information content (AvgIpc) is 2.58. The Balaban J connectivity index is 1.52. The van der Waals surface area contributed by atoms with Gasteiger partial charge in [0.25, 0.3) is 0 Å². The molecule has 142 valence electrons. The SMILES string of the molecule is CC(C)OCCCCCN1CCN(C2CCN(C(C)C)CC2)CC1. The summed E-state index contributed by atoms with van der Waals surface area (Å²) >= 11 is 0. The van der Waals surface area contributed by atoms with Gasteiger partial charge in [-0.25, -0.2) is 0 Å². The summed E-state index contributed by atoms with van der Waals surface area (Å²) in [6.45, 7) is 18.8. The highest BCUT2D eigenvalue weighted by Crippen LogP contribution is 2.19. The largest absolute Gasteiger partial charge is 0.379 e. The molecule has 0 saturated carbocycles. The lowest BCUT2D eigenvalue weighted by Gasteiger charge is -2.43. The van der Waals surface area contributed by atoms with Gasteiger partial charge in [-0.05, 0) is 79.4 Å². The van der Waals surface area contributed by atoms with Gasteiger partial charge in [-0.15, -0.1) is 0 Å². The van der Waals surface area contributed by atoms with Crippen molar-refractivity contribution < 1.29 is 4.74 Å². The molecule has 0 unspecified atom stereocenters. The van der Waals surface area contributed by atoms with Crippen LogP contribution in [0.25, 0.3) is 0 Å². The molecule has 0 radical (unpaired) electrons. The van der Waals surface area contributed by atoms with Crippen LogP contribution in [0.3, 0.4) is 0 Å². The molecule has 2 aliphatic rings. The topological polar surface area (TPSA) is 19.0 Å². The van der Waals surface area contributed by atoms with Crippen LogP contribution < -0.4 is 0 Å². The highest BCUT2D eigenvalue weighted by molar-refractivity contribution is 4.84. The minimum atomic E-state index is 0.380. The maximum Gasteiger partial charge on any atom is 0.0518 e. The first-order valence-corrected chi connectivity index (χ1v) is 10.4. The lowest BCUT2D eigenvalue weighted by Crippen LogP contribution is -2.53. The van der Waals surface area contributed by atoms with Crippen molar-refractivity contribution in [2.45, 2.75) is 78.0 Å². The Morgan fingerprint density at radius 3 is 2.08 bits per heavy atom. The third-order valence-electron chi connectivity index (χ3n) is 5.72. The molecule has 0 N–H and O–H groups in total. The Hall–Kier alpha value is -0.160. The fraction of sp³-hybridized carbons (Fsp3) is 1.00. The van der Waals surface area contributed by atoms with Crippen molar-refractivity contribution in [2.24, 2.45) is 0 Å². The normalized spacial score (nSPS) is 22.8. The monoisotopic (exact) mass is 339 g/mol. The van der Waals surface area contributed by atoms with Gasteiger partial charge in [-0.3, -0.25) is 4.90 Å². The molecule has 0 aliphatic carbocycles. The quantitative estimate of drug-likeness (QED) is 0.601. The zero-order valence-corrected chi connectivity index (χ0v) is 16.7. The molecule has 0 atom stereocenters. The molecule has 4 heteroatoms.